The zero-order valence-electron chi connectivity index (χ0n) is 10.9. The van der Waals surface area contributed by atoms with Crippen molar-refractivity contribution in [2.45, 2.75) is 19.3 Å². The normalized spacial score (nSPS) is 17.4. The van der Waals surface area contributed by atoms with E-state index in [9.17, 15) is 4.79 Å². The lowest BCUT2D eigenvalue weighted by Crippen LogP contribution is -2.49. The van der Waals surface area contributed by atoms with E-state index < -0.39 is 0 Å². The van der Waals surface area contributed by atoms with Crippen LogP contribution in [0.15, 0.2) is 0 Å². The maximum atomic E-state index is 11.7. The fourth-order valence-corrected chi connectivity index (χ4v) is 2.05. The van der Waals surface area contributed by atoms with E-state index in [0.717, 1.165) is 52.1 Å². The van der Waals surface area contributed by atoms with Crippen LogP contribution in [0.5, 0.6) is 0 Å². The zero-order valence-corrected chi connectivity index (χ0v) is 10.9. The van der Waals surface area contributed by atoms with E-state index in [-0.39, 0.29) is 5.91 Å². The highest BCUT2D eigenvalue weighted by molar-refractivity contribution is 5.76. The maximum Gasteiger partial charge on any atom is 0.224 e. The van der Waals surface area contributed by atoms with Gasteiger partial charge in [-0.15, -0.1) is 0 Å². The second kappa shape index (κ2) is 8.44. The summed E-state index contributed by atoms with van der Waals surface area (Å²) in [6.07, 6.45) is 2.75. The summed E-state index contributed by atoms with van der Waals surface area (Å²) < 4.78 is 4.92. The molecule has 1 aliphatic rings. The molecule has 2 N–H and O–H groups in total. The molecule has 0 saturated carbocycles. The minimum atomic E-state index is 0.216. The van der Waals surface area contributed by atoms with Crippen molar-refractivity contribution >= 4 is 5.91 Å². The fraction of sp³-hybridized carbons (Fsp3) is 0.917. The van der Waals surface area contributed by atoms with Gasteiger partial charge in [0.1, 0.15) is 0 Å². The topological polar surface area (TPSA) is 58.8 Å². The van der Waals surface area contributed by atoms with Crippen molar-refractivity contribution in [3.63, 3.8) is 0 Å². The first-order valence-electron chi connectivity index (χ1n) is 6.47. The lowest BCUT2D eigenvalue weighted by Gasteiger charge is -2.34. The second-order valence-electron chi connectivity index (χ2n) is 4.46. The maximum absolute atomic E-state index is 11.7. The third-order valence-electron chi connectivity index (χ3n) is 3.17. The van der Waals surface area contributed by atoms with Gasteiger partial charge in [-0.05, 0) is 25.9 Å². The van der Waals surface area contributed by atoms with Crippen molar-refractivity contribution < 1.29 is 9.53 Å². The second-order valence-corrected chi connectivity index (χ2v) is 4.46. The molecule has 0 aromatic carbocycles. The molecule has 17 heavy (non-hydrogen) atoms. The summed E-state index contributed by atoms with van der Waals surface area (Å²) in [5, 5.41) is 0. The van der Waals surface area contributed by atoms with Crippen LogP contribution >= 0.6 is 0 Å². The highest BCUT2D eigenvalue weighted by Crippen LogP contribution is 2.05. The number of nitrogens with zero attached hydrogens (tertiary/aromatic N) is 2. The molecule has 0 atom stereocenters. The summed E-state index contributed by atoms with van der Waals surface area (Å²) in [5.41, 5.74) is 5.47. The predicted octanol–water partition coefficient (Wildman–Crippen LogP) is -0.0940. The van der Waals surface area contributed by atoms with Crippen LogP contribution in [0.2, 0.25) is 0 Å². The minimum Gasteiger partial charge on any atom is -0.384 e. The molecule has 5 nitrogen and oxygen atoms in total. The number of methoxy groups -OCH3 is 1. The van der Waals surface area contributed by atoms with Crippen molar-refractivity contribution in [1.82, 2.24) is 9.80 Å². The van der Waals surface area contributed by atoms with Crippen LogP contribution in [0.25, 0.3) is 0 Å². The third kappa shape index (κ3) is 5.48. The van der Waals surface area contributed by atoms with Crippen molar-refractivity contribution in [1.29, 1.82) is 0 Å². The SMILES string of the molecule is COCCC(=O)N1CCN(CCCCN)CC1. The van der Waals surface area contributed by atoms with Gasteiger partial charge in [0, 0.05) is 33.3 Å². The van der Waals surface area contributed by atoms with Crippen molar-refractivity contribution in [3.05, 3.63) is 0 Å². The molecule has 0 spiro atoms. The van der Waals surface area contributed by atoms with Crippen LogP contribution in [0.3, 0.4) is 0 Å². The Balaban J connectivity index is 2.14. The van der Waals surface area contributed by atoms with Crippen molar-refractivity contribution in [2.75, 3.05) is 53.0 Å². The Morgan fingerprint density at radius 1 is 1.24 bits per heavy atom. The number of piperazine rings is 1. The summed E-state index contributed by atoms with van der Waals surface area (Å²) in [6, 6.07) is 0. The molecule has 1 fully saturated rings. The van der Waals surface area contributed by atoms with Gasteiger partial charge in [-0.25, -0.2) is 0 Å². The molecule has 1 saturated heterocycles. The van der Waals surface area contributed by atoms with E-state index in [1.165, 1.54) is 0 Å². The number of rotatable bonds is 7. The Bertz CT molecular complexity index is 216. The summed E-state index contributed by atoms with van der Waals surface area (Å²) in [4.78, 5) is 16.1. The molecule has 1 rings (SSSR count). The summed E-state index contributed by atoms with van der Waals surface area (Å²) in [6.45, 7) is 6.09. The summed E-state index contributed by atoms with van der Waals surface area (Å²) in [7, 11) is 1.63. The predicted molar refractivity (Wildman–Crippen MR) is 67.8 cm³/mol. The van der Waals surface area contributed by atoms with Gasteiger partial charge in [-0.3, -0.25) is 9.69 Å². The highest BCUT2D eigenvalue weighted by atomic mass is 16.5. The quantitative estimate of drug-likeness (QED) is 0.635. The highest BCUT2D eigenvalue weighted by Gasteiger charge is 2.19. The van der Waals surface area contributed by atoms with E-state index in [4.69, 9.17) is 10.5 Å². The monoisotopic (exact) mass is 243 g/mol. The van der Waals surface area contributed by atoms with Gasteiger partial charge >= 0.3 is 0 Å². The van der Waals surface area contributed by atoms with Crippen LogP contribution in [-0.4, -0.2) is 68.7 Å². The minimum absolute atomic E-state index is 0.216. The zero-order chi connectivity index (χ0) is 12.5. The molecule has 0 aromatic heterocycles. The molecule has 0 aliphatic carbocycles. The molecule has 100 valence electrons. The molecule has 1 aliphatic heterocycles. The largest absolute Gasteiger partial charge is 0.384 e. The Morgan fingerprint density at radius 2 is 1.94 bits per heavy atom. The third-order valence-corrected chi connectivity index (χ3v) is 3.17. The van der Waals surface area contributed by atoms with Crippen molar-refractivity contribution in [3.8, 4) is 0 Å². The van der Waals surface area contributed by atoms with Gasteiger partial charge < -0.3 is 15.4 Å². The number of ether oxygens (including phenoxy) is 1. The molecule has 0 unspecified atom stereocenters. The van der Waals surface area contributed by atoms with Gasteiger partial charge in [0.15, 0.2) is 0 Å². The number of hydrogen-bond donors (Lipinski definition) is 1. The van der Waals surface area contributed by atoms with E-state index in [1.54, 1.807) is 7.11 Å². The smallest absolute Gasteiger partial charge is 0.224 e. The van der Waals surface area contributed by atoms with Crippen LogP contribution in [0, 0.1) is 0 Å². The molecule has 0 radical (unpaired) electrons. The van der Waals surface area contributed by atoms with Crippen LogP contribution < -0.4 is 5.73 Å². The number of nitrogens with two attached hydrogens (primary N) is 1. The van der Waals surface area contributed by atoms with Crippen LogP contribution in [0.4, 0.5) is 0 Å². The Morgan fingerprint density at radius 3 is 2.53 bits per heavy atom. The Labute approximate surface area is 104 Å². The van der Waals surface area contributed by atoms with E-state index >= 15 is 0 Å². The number of amides is 1. The molecule has 1 amide bonds. The van der Waals surface area contributed by atoms with Gasteiger partial charge in [0.05, 0.1) is 13.0 Å². The lowest BCUT2D eigenvalue weighted by atomic mass is 10.2. The van der Waals surface area contributed by atoms with E-state index in [0.29, 0.717) is 13.0 Å². The van der Waals surface area contributed by atoms with E-state index in [2.05, 4.69) is 4.90 Å². The first-order valence-corrected chi connectivity index (χ1v) is 6.47. The molecular formula is C12H25N3O2. The van der Waals surface area contributed by atoms with Gasteiger partial charge in [0.2, 0.25) is 5.91 Å². The average Bonchev–Trinajstić information content (AvgIpc) is 2.37. The Hall–Kier alpha value is -0.650. The molecule has 0 aromatic rings. The molecule has 5 heteroatoms. The number of unbranched alkanes of at least 4 members (excludes halogenated alkanes) is 1. The average molecular weight is 243 g/mol. The van der Waals surface area contributed by atoms with Crippen LogP contribution in [-0.2, 0) is 9.53 Å². The number of hydrogen-bond acceptors (Lipinski definition) is 4. The number of carbonyl (C=O) groups excluding carboxylic acids is 1. The van der Waals surface area contributed by atoms with Gasteiger partial charge in [-0.1, -0.05) is 0 Å². The first-order chi connectivity index (χ1) is 8.27. The number of carbonyl (C=O) groups is 1. The fourth-order valence-electron chi connectivity index (χ4n) is 2.05. The van der Waals surface area contributed by atoms with Gasteiger partial charge in [-0.2, -0.15) is 0 Å². The van der Waals surface area contributed by atoms with Crippen LogP contribution in [0.1, 0.15) is 19.3 Å². The summed E-state index contributed by atoms with van der Waals surface area (Å²) >= 11 is 0. The van der Waals surface area contributed by atoms with Gasteiger partial charge in [0.25, 0.3) is 0 Å². The molecule has 1 heterocycles. The Kier molecular flexibility index (Phi) is 7.16. The summed E-state index contributed by atoms with van der Waals surface area (Å²) in [5.74, 6) is 0.216. The molecule has 0 bridgehead atoms. The van der Waals surface area contributed by atoms with E-state index in [1.807, 2.05) is 4.90 Å². The molecular weight excluding hydrogens is 218 g/mol. The first kappa shape index (κ1) is 14.4. The lowest BCUT2D eigenvalue weighted by molar-refractivity contribution is -0.133. The van der Waals surface area contributed by atoms with Crippen molar-refractivity contribution in [2.24, 2.45) is 5.73 Å². The standard InChI is InChI=1S/C12H25N3O2/c1-17-11-4-12(16)15-9-7-14(8-10-15)6-3-2-5-13/h2-11,13H2,1H3.